The van der Waals surface area contributed by atoms with Gasteiger partial charge in [-0.25, -0.2) is 9.97 Å². The third-order valence-electron chi connectivity index (χ3n) is 2.73. The Labute approximate surface area is 120 Å². The van der Waals surface area contributed by atoms with E-state index in [-0.39, 0.29) is 0 Å². The first-order chi connectivity index (χ1) is 8.67. The summed E-state index contributed by atoms with van der Waals surface area (Å²) in [6.45, 7) is 7.13. The Bertz CT molecular complexity index is 551. The molecule has 0 radical (unpaired) electrons. The molecule has 0 aliphatic carbocycles. The lowest BCUT2D eigenvalue weighted by Crippen LogP contribution is -2.07. The highest BCUT2D eigenvalue weighted by molar-refractivity contribution is 9.10. The van der Waals surface area contributed by atoms with Gasteiger partial charge in [-0.1, -0.05) is 6.92 Å². The third-order valence-corrected chi connectivity index (χ3v) is 4.57. The summed E-state index contributed by atoms with van der Waals surface area (Å²) in [6, 6.07) is 2.03. The fraction of sp³-hybridized carbons (Fsp3) is 0.385. The van der Waals surface area contributed by atoms with Crippen LogP contribution in [0.4, 0.5) is 5.82 Å². The van der Waals surface area contributed by atoms with Gasteiger partial charge in [-0.05, 0) is 47.6 Å². The molecule has 0 bridgehead atoms. The average Bonchev–Trinajstić information content (AvgIpc) is 2.75. The topological polar surface area (TPSA) is 37.8 Å². The van der Waals surface area contributed by atoms with Crippen LogP contribution >= 0.6 is 27.3 Å². The molecular formula is C13H16BrN3S. The maximum absolute atomic E-state index is 4.66. The van der Waals surface area contributed by atoms with Crippen molar-refractivity contribution < 1.29 is 0 Å². The summed E-state index contributed by atoms with van der Waals surface area (Å²) in [5, 5.41) is 5.37. The second-order valence-corrected chi connectivity index (χ2v) is 5.71. The molecule has 0 aromatic carbocycles. The van der Waals surface area contributed by atoms with Crippen molar-refractivity contribution in [1.29, 1.82) is 0 Å². The molecular weight excluding hydrogens is 310 g/mol. The molecule has 0 atom stereocenters. The Balaban J connectivity index is 2.54. The monoisotopic (exact) mass is 325 g/mol. The molecule has 2 heterocycles. The molecule has 18 heavy (non-hydrogen) atoms. The van der Waals surface area contributed by atoms with Gasteiger partial charge in [-0.15, -0.1) is 11.3 Å². The van der Waals surface area contributed by atoms with E-state index < -0.39 is 0 Å². The van der Waals surface area contributed by atoms with Gasteiger partial charge >= 0.3 is 0 Å². The van der Waals surface area contributed by atoms with E-state index >= 15 is 0 Å². The van der Waals surface area contributed by atoms with Crippen LogP contribution in [0.2, 0.25) is 0 Å². The maximum atomic E-state index is 4.66. The SMILES string of the molecule is CCNc1nc(-c2sccc2Br)nc(C)c1CC. The van der Waals surface area contributed by atoms with Crippen LogP contribution in [0.1, 0.15) is 25.1 Å². The summed E-state index contributed by atoms with van der Waals surface area (Å²) in [7, 11) is 0. The first-order valence-corrected chi connectivity index (χ1v) is 7.69. The normalized spacial score (nSPS) is 10.7. The number of hydrogen-bond acceptors (Lipinski definition) is 4. The predicted molar refractivity (Wildman–Crippen MR) is 81.3 cm³/mol. The molecule has 1 N–H and O–H groups in total. The Hall–Kier alpha value is -0.940. The third kappa shape index (κ3) is 2.57. The van der Waals surface area contributed by atoms with Crippen molar-refractivity contribution in [3.8, 4) is 10.7 Å². The van der Waals surface area contributed by atoms with Crippen LogP contribution in [0.15, 0.2) is 15.9 Å². The van der Waals surface area contributed by atoms with E-state index in [9.17, 15) is 0 Å². The summed E-state index contributed by atoms with van der Waals surface area (Å²) >= 11 is 5.19. The molecule has 96 valence electrons. The maximum Gasteiger partial charge on any atom is 0.173 e. The number of aromatic nitrogens is 2. The predicted octanol–water partition coefficient (Wildman–Crippen LogP) is 4.27. The van der Waals surface area contributed by atoms with Crippen molar-refractivity contribution in [3.63, 3.8) is 0 Å². The fourth-order valence-corrected chi connectivity index (χ4v) is 3.37. The molecule has 0 saturated heterocycles. The Kier molecular flexibility index (Phi) is 4.35. The van der Waals surface area contributed by atoms with Gasteiger partial charge < -0.3 is 5.32 Å². The molecule has 2 aromatic rings. The molecule has 0 amide bonds. The molecule has 0 aliphatic heterocycles. The van der Waals surface area contributed by atoms with Crippen LogP contribution < -0.4 is 5.32 Å². The summed E-state index contributed by atoms with van der Waals surface area (Å²) in [4.78, 5) is 10.4. The number of halogens is 1. The van der Waals surface area contributed by atoms with Crippen molar-refractivity contribution >= 4 is 33.1 Å². The largest absolute Gasteiger partial charge is 0.370 e. The molecule has 3 nitrogen and oxygen atoms in total. The van der Waals surface area contributed by atoms with Crippen LogP contribution in [0.25, 0.3) is 10.7 Å². The second-order valence-electron chi connectivity index (χ2n) is 3.94. The zero-order chi connectivity index (χ0) is 13.1. The molecule has 0 saturated carbocycles. The molecule has 5 heteroatoms. The summed E-state index contributed by atoms with van der Waals surface area (Å²) in [5.74, 6) is 1.75. The van der Waals surface area contributed by atoms with Gasteiger partial charge in [0.25, 0.3) is 0 Å². The lowest BCUT2D eigenvalue weighted by molar-refractivity contribution is 0.991. The van der Waals surface area contributed by atoms with E-state index in [1.54, 1.807) is 11.3 Å². The Morgan fingerprint density at radius 3 is 2.67 bits per heavy atom. The second kappa shape index (κ2) is 5.80. The van der Waals surface area contributed by atoms with Crippen LogP contribution in [0, 0.1) is 6.92 Å². The van der Waals surface area contributed by atoms with Crippen molar-refractivity contribution in [3.05, 3.63) is 27.2 Å². The van der Waals surface area contributed by atoms with E-state index in [2.05, 4.69) is 45.1 Å². The molecule has 2 rings (SSSR count). The molecule has 0 spiro atoms. The Morgan fingerprint density at radius 1 is 1.33 bits per heavy atom. The number of nitrogens with one attached hydrogen (secondary N) is 1. The average molecular weight is 326 g/mol. The highest BCUT2D eigenvalue weighted by atomic mass is 79.9. The minimum absolute atomic E-state index is 0.794. The fourth-order valence-electron chi connectivity index (χ4n) is 1.89. The van der Waals surface area contributed by atoms with Crippen molar-refractivity contribution in [2.24, 2.45) is 0 Å². The van der Waals surface area contributed by atoms with Crippen LogP contribution in [0.5, 0.6) is 0 Å². The number of thiophene rings is 1. The van der Waals surface area contributed by atoms with Gasteiger partial charge in [0.15, 0.2) is 5.82 Å². The standard InChI is InChI=1S/C13H16BrN3S/c1-4-9-8(3)16-13(17-12(9)15-5-2)11-10(14)6-7-18-11/h6-7H,4-5H2,1-3H3,(H,15,16,17). The lowest BCUT2D eigenvalue weighted by Gasteiger charge is -2.12. The van der Waals surface area contributed by atoms with E-state index in [1.165, 1.54) is 5.56 Å². The van der Waals surface area contributed by atoms with Crippen molar-refractivity contribution in [1.82, 2.24) is 9.97 Å². The zero-order valence-corrected chi connectivity index (χ0v) is 13.2. The number of rotatable bonds is 4. The van der Waals surface area contributed by atoms with Gasteiger partial charge in [0, 0.05) is 22.3 Å². The quantitative estimate of drug-likeness (QED) is 0.912. The minimum atomic E-state index is 0.794. The summed E-state index contributed by atoms with van der Waals surface area (Å²) in [6.07, 6.45) is 0.945. The molecule has 0 unspecified atom stereocenters. The van der Waals surface area contributed by atoms with Gasteiger partial charge in [-0.2, -0.15) is 0 Å². The first kappa shape index (κ1) is 13.5. The van der Waals surface area contributed by atoms with Crippen LogP contribution in [0.3, 0.4) is 0 Å². The summed E-state index contributed by atoms with van der Waals surface area (Å²) in [5.41, 5.74) is 2.26. The number of nitrogens with zero attached hydrogens (tertiary/aromatic N) is 2. The van der Waals surface area contributed by atoms with Gasteiger partial charge in [0.05, 0.1) is 4.88 Å². The van der Waals surface area contributed by atoms with E-state index in [4.69, 9.17) is 0 Å². The van der Waals surface area contributed by atoms with E-state index in [1.807, 2.05) is 18.4 Å². The number of hydrogen-bond donors (Lipinski definition) is 1. The van der Waals surface area contributed by atoms with Gasteiger partial charge in [0.2, 0.25) is 0 Å². The molecule has 2 aromatic heterocycles. The van der Waals surface area contributed by atoms with Gasteiger partial charge in [-0.3, -0.25) is 0 Å². The smallest absolute Gasteiger partial charge is 0.173 e. The van der Waals surface area contributed by atoms with Crippen LogP contribution in [-0.4, -0.2) is 16.5 Å². The zero-order valence-electron chi connectivity index (χ0n) is 10.7. The highest BCUT2D eigenvalue weighted by Gasteiger charge is 2.13. The minimum Gasteiger partial charge on any atom is -0.370 e. The van der Waals surface area contributed by atoms with Crippen molar-refractivity contribution in [2.75, 3.05) is 11.9 Å². The molecule has 0 aliphatic rings. The summed E-state index contributed by atoms with van der Waals surface area (Å²) < 4.78 is 1.05. The first-order valence-electron chi connectivity index (χ1n) is 6.02. The van der Waals surface area contributed by atoms with Crippen LogP contribution in [-0.2, 0) is 6.42 Å². The highest BCUT2D eigenvalue weighted by Crippen LogP contribution is 2.32. The van der Waals surface area contributed by atoms with Gasteiger partial charge in [0.1, 0.15) is 5.82 Å². The lowest BCUT2D eigenvalue weighted by atomic mass is 10.1. The van der Waals surface area contributed by atoms with Crippen molar-refractivity contribution in [2.45, 2.75) is 27.2 Å². The number of anilines is 1. The Morgan fingerprint density at radius 2 is 2.11 bits per heavy atom. The van der Waals surface area contributed by atoms with E-state index in [0.717, 1.165) is 39.7 Å². The number of aryl methyl sites for hydroxylation is 1. The van der Waals surface area contributed by atoms with E-state index in [0.29, 0.717) is 0 Å². The molecule has 0 fully saturated rings.